The van der Waals surface area contributed by atoms with E-state index in [-0.39, 0.29) is 6.61 Å². The second-order valence-corrected chi connectivity index (χ2v) is 3.17. The number of rotatable bonds is 4. The van der Waals surface area contributed by atoms with Crippen LogP contribution in [0.4, 0.5) is 4.79 Å². The predicted molar refractivity (Wildman–Crippen MR) is 58.2 cm³/mol. The van der Waals surface area contributed by atoms with Gasteiger partial charge in [0.25, 0.3) is 0 Å². The number of hydrogen-bond acceptors (Lipinski definition) is 3. The Labute approximate surface area is 89.3 Å². The van der Waals surface area contributed by atoms with Crippen LogP contribution in [0.2, 0.25) is 0 Å². The summed E-state index contributed by atoms with van der Waals surface area (Å²) < 4.78 is 9.83. The van der Waals surface area contributed by atoms with Crippen LogP contribution < -0.4 is 9.82 Å². The normalized spacial score (nSPS) is 10.3. The number of carbonyl (C=O) groups is 1. The summed E-state index contributed by atoms with van der Waals surface area (Å²) in [6, 6.07) is 7.22. The fourth-order valence-electron chi connectivity index (χ4n) is 0.958. The lowest BCUT2D eigenvalue weighted by molar-refractivity contribution is 0.146. The van der Waals surface area contributed by atoms with Gasteiger partial charge in [-0.3, -0.25) is 0 Å². The number of methoxy groups -OCH3 is 1. The third kappa shape index (κ3) is 4.14. The Bertz CT molecular complexity index is 314. The van der Waals surface area contributed by atoms with Crippen LogP contribution in [0.5, 0.6) is 5.75 Å². The van der Waals surface area contributed by atoms with Crippen LogP contribution in [-0.4, -0.2) is 18.1 Å². The number of hydrogen-bond donors (Lipinski definition) is 1. The molecule has 0 spiro atoms. The van der Waals surface area contributed by atoms with Crippen molar-refractivity contribution in [1.29, 1.82) is 0 Å². The molecule has 1 aromatic carbocycles. The summed E-state index contributed by atoms with van der Waals surface area (Å²) in [5.74, 6) is 0.760. The van der Waals surface area contributed by atoms with E-state index in [2.05, 4.69) is 5.09 Å². The zero-order valence-electron chi connectivity index (χ0n) is 8.24. The van der Waals surface area contributed by atoms with Gasteiger partial charge in [0.1, 0.15) is 12.4 Å². The van der Waals surface area contributed by atoms with Crippen molar-refractivity contribution >= 4 is 15.1 Å². The highest BCUT2D eigenvalue weighted by Gasteiger charge is 2.02. The van der Waals surface area contributed by atoms with Gasteiger partial charge in [-0.05, 0) is 17.7 Å². The van der Waals surface area contributed by atoms with Gasteiger partial charge in [-0.2, -0.15) is 0 Å². The van der Waals surface area contributed by atoms with Crippen molar-refractivity contribution in [3.05, 3.63) is 29.8 Å². The van der Waals surface area contributed by atoms with Gasteiger partial charge in [-0.25, -0.2) is 9.88 Å². The van der Waals surface area contributed by atoms with Gasteiger partial charge in [0.05, 0.1) is 7.11 Å². The largest absolute Gasteiger partial charge is 0.497 e. The van der Waals surface area contributed by atoms with E-state index in [1.807, 2.05) is 12.1 Å². The maximum Gasteiger partial charge on any atom is 0.415 e. The minimum Gasteiger partial charge on any atom is -0.497 e. The van der Waals surface area contributed by atoms with E-state index >= 15 is 0 Å². The molecule has 5 nitrogen and oxygen atoms in total. The van der Waals surface area contributed by atoms with Crippen molar-refractivity contribution in [2.24, 2.45) is 0 Å². The molecule has 0 saturated heterocycles. The Hall–Kier alpha value is -1.32. The molecule has 15 heavy (non-hydrogen) atoms. The Morgan fingerprint density at radius 1 is 1.47 bits per heavy atom. The van der Waals surface area contributed by atoms with Crippen molar-refractivity contribution in [2.45, 2.75) is 6.61 Å². The van der Waals surface area contributed by atoms with Crippen molar-refractivity contribution in [2.75, 3.05) is 7.11 Å². The highest BCUT2D eigenvalue weighted by atomic mass is 31.1. The Morgan fingerprint density at radius 3 is 2.67 bits per heavy atom. The lowest BCUT2D eigenvalue weighted by Crippen LogP contribution is -2.15. The molecular weight excluding hydrogens is 217 g/mol. The second-order valence-electron chi connectivity index (χ2n) is 2.67. The summed E-state index contributed by atoms with van der Waals surface area (Å²) in [7, 11) is 1.20. The second kappa shape index (κ2) is 6.22. The third-order valence-electron chi connectivity index (χ3n) is 1.69. The minimum absolute atomic E-state index is 0.195. The molecule has 3 N–H and O–H groups in total. The Morgan fingerprint density at radius 2 is 2.13 bits per heavy atom. The summed E-state index contributed by atoms with van der Waals surface area (Å²) in [5, 5.41) is 2.25. The first-order chi connectivity index (χ1) is 7.26. The van der Waals surface area contributed by atoms with Crippen LogP contribution in [0.1, 0.15) is 5.56 Å². The number of ether oxygens (including phenoxy) is 2. The fraction of sp³-hybridized carbons (Fsp3) is 0.222. The zero-order chi connectivity index (χ0) is 11.1. The third-order valence-corrected chi connectivity index (χ3v) is 2.02. The van der Waals surface area contributed by atoms with Gasteiger partial charge in [0.15, 0.2) is 0 Å². The molecule has 0 aliphatic heterocycles. The topological polar surface area (TPSA) is 70.5 Å². The van der Waals surface area contributed by atoms with Crippen molar-refractivity contribution in [3.63, 3.8) is 0 Å². The van der Waals surface area contributed by atoms with Gasteiger partial charge in [-0.15, -0.1) is 0 Å². The van der Waals surface area contributed by atoms with E-state index < -0.39 is 15.1 Å². The van der Waals surface area contributed by atoms with E-state index in [0.717, 1.165) is 11.3 Å². The maximum atomic E-state index is 10.9. The van der Waals surface area contributed by atoms with E-state index in [1.165, 1.54) is 0 Å². The molecule has 0 radical (unpaired) electrons. The Balaban J connectivity index is 2.40. The lowest BCUT2D eigenvalue weighted by Gasteiger charge is -2.04. The molecule has 1 atom stereocenters. The van der Waals surface area contributed by atoms with Crippen molar-refractivity contribution in [1.82, 2.24) is 5.09 Å². The van der Waals surface area contributed by atoms with Crippen LogP contribution in [0.25, 0.3) is 0 Å². The average molecular weight is 230 g/mol. The summed E-state index contributed by atoms with van der Waals surface area (Å²) in [6.45, 7) is 0.195. The van der Waals surface area contributed by atoms with Gasteiger partial charge in [0, 0.05) is 0 Å². The first-order valence-electron chi connectivity index (χ1n) is 4.23. The quantitative estimate of drug-likeness (QED) is 0.623. The highest BCUT2D eigenvalue weighted by Crippen LogP contribution is 2.12. The number of carbonyl (C=O) groups excluding carboxylic acids is 1. The average Bonchev–Trinajstić information content (AvgIpc) is 2.27. The molecular formula is C9H13NO4P+. The molecule has 0 heterocycles. The van der Waals surface area contributed by atoms with Crippen LogP contribution in [0.3, 0.4) is 0 Å². The Kier molecular flexibility index (Phi) is 4.87. The highest BCUT2D eigenvalue weighted by molar-refractivity contribution is 7.29. The SMILES string of the molecule is COc1ccc(COC(=O)NP[OH2+])cc1. The van der Waals surface area contributed by atoms with Crippen molar-refractivity contribution < 1.29 is 19.2 Å². The van der Waals surface area contributed by atoms with Gasteiger partial charge >= 0.3 is 15.1 Å². The molecule has 6 heteroatoms. The van der Waals surface area contributed by atoms with Gasteiger partial charge in [0.2, 0.25) is 0 Å². The van der Waals surface area contributed by atoms with E-state index in [9.17, 15) is 4.79 Å². The molecule has 0 aliphatic carbocycles. The van der Waals surface area contributed by atoms with E-state index in [4.69, 9.17) is 14.4 Å². The van der Waals surface area contributed by atoms with Gasteiger partial charge in [-0.1, -0.05) is 12.1 Å². The molecule has 0 saturated carbocycles. The smallest absolute Gasteiger partial charge is 0.415 e. The maximum absolute atomic E-state index is 10.9. The van der Waals surface area contributed by atoms with Crippen LogP contribution in [0.15, 0.2) is 24.3 Å². The first-order valence-corrected chi connectivity index (χ1v) is 5.23. The molecule has 1 aromatic rings. The number of amides is 1. The number of nitrogens with one attached hydrogen (secondary N) is 1. The molecule has 82 valence electrons. The molecule has 0 bridgehead atoms. The first kappa shape index (κ1) is 11.8. The lowest BCUT2D eigenvalue weighted by atomic mass is 10.2. The van der Waals surface area contributed by atoms with Crippen LogP contribution in [0, 0.1) is 0 Å². The molecule has 1 unspecified atom stereocenters. The fourth-order valence-corrected chi connectivity index (χ4v) is 1.13. The van der Waals surface area contributed by atoms with E-state index in [0.29, 0.717) is 0 Å². The molecule has 1 rings (SSSR count). The van der Waals surface area contributed by atoms with Gasteiger partial charge < -0.3 is 14.4 Å². The van der Waals surface area contributed by atoms with Crippen LogP contribution >= 0.6 is 8.96 Å². The number of benzene rings is 1. The van der Waals surface area contributed by atoms with E-state index in [1.54, 1.807) is 19.2 Å². The molecule has 1 amide bonds. The summed E-state index contributed by atoms with van der Waals surface area (Å²) >= 11 is 0. The summed E-state index contributed by atoms with van der Waals surface area (Å²) in [6.07, 6.45) is -0.570. The minimum atomic E-state index is -0.570. The van der Waals surface area contributed by atoms with Crippen LogP contribution in [-0.2, 0) is 11.3 Å². The summed E-state index contributed by atoms with van der Waals surface area (Å²) in [5.41, 5.74) is 0.874. The standard InChI is InChI=1S/C9H12NO4P/c1-13-8-4-2-7(3-5-8)6-14-9(11)10-15-12/h2-5,12,15H,6H2,1H3,(H,10,11)/p+1. The molecule has 0 aromatic heterocycles. The van der Waals surface area contributed by atoms with Crippen molar-refractivity contribution in [3.8, 4) is 5.75 Å². The monoisotopic (exact) mass is 230 g/mol. The zero-order valence-corrected chi connectivity index (χ0v) is 9.24. The summed E-state index contributed by atoms with van der Waals surface area (Å²) in [4.78, 5) is 17.6. The molecule has 0 aliphatic rings. The molecule has 0 fully saturated rings. The predicted octanol–water partition coefficient (Wildman–Crippen LogP) is 1.15.